The Morgan fingerprint density at radius 3 is 2.42 bits per heavy atom. The van der Waals surface area contributed by atoms with Crippen molar-refractivity contribution in [3.05, 3.63) is 30.6 Å². The summed E-state index contributed by atoms with van der Waals surface area (Å²) < 4.78 is 43.3. The van der Waals surface area contributed by atoms with E-state index in [2.05, 4.69) is 14.7 Å². The molecule has 1 fully saturated rings. The van der Waals surface area contributed by atoms with Gasteiger partial charge in [-0.05, 0) is 12.1 Å². The van der Waals surface area contributed by atoms with Crippen molar-refractivity contribution in [2.45, 2.75) is 4.90 Å². The van der Waals surface area contributed by atoms with Crippen LogP contribution in [-0.4, -0.2) is 58.9 Å². The van der Waals surface area contributed by atoms with E-state index < -0.39 is 10.0 Å². The number of methoxy groups -OCH3 is 2. The molecule has 2 heterocycles. The Balaban J connectivity index is 1.79. The van der Waals surface area contributed by atoms with Crippen molar-refractivity contribution in [1.29, 1.82) is 0 Å². The number of benzene rings is 1. The highest BCUT2D eigenvalue weighted by molar-refractivity contribution is 7.92. The van der Waals surface area contributed by atoms with Gasteiger partial charge in [0.2, 0.25) is 5.95 Å². The number of nitrogens with zero attached hydrogens (tertiary/aromatic N) is 3. The average Bonchev–Trinajstić information content (AvgIpc) is 2.68. The Morgan fingerprint density at radius 2 is 1.81 bits per heavy atom. The van der Waals surface area contributed by atoms with E-state index in [0.717, 1.165) is 0 Å². The number of ether oxygens (including phenoxy) is 3. The lowest BCUT2D eigenvalue weighted by Gasteiger charge is -2.26. The molecule has 0 radical (unpaired) electrons. The summed E-state index contributed by atoms with van der Waals surface area (Å²) >= 11 is 0. The molecular formula is C16H20N4O5S. The monoisotopic (exact) mass is 380 g/mol. The van der Waals surface area contributed by atoms with Crippen LogP contribution in [-0.2, 0) is 14.8 Å². The standard InChI is InChI=1S/C16H20N4O5S/c1-23-13-3-4-15(14(9-13)24-2)26(21,22)19-12-10-17-16(18-11-12)20-5-7-25-8-6-20/h3-4,9-11,19H,5-8H2,1-2H3. The van der Waals surface area contributed by atoms with Gasteiger partial charge < -0.3 is 19.1 Å². The Morgan fingerprint density at radius 1 is 1.12 bits per heavy atom. The van der Waals surface area contributed by atoms with Gasteiger partial charge in [0.25, 0.3) is 10.0 Å². The van der Waals surface area contributed by atoms with Crippen molar-refractivity contribution in [2.75, 3.05) is 50.1 Å². The molecule has 26 heavy (non-hydrogen) atoms. The number of sulfonamides is 1. The summed E-state index contributed by atoms with van der Waals surface area (Å²) in [6, 6.07) is 4.48. The maximum Gasteiger partial charge on any atom is 0.265 e. The topological polar surface area (TPSA) is 103 Å². The first-order chi connectivity index (χ1) is 12.5. The summed E-state index contributed by atoms with van der Waals surface area (Å²) in [5, 5.41) is 0. The number of hydrogen-bond acceptors (Lipinski definition) is 8. The third-order valence-corrected chi connectivity index (χ3v) is 5.27. The average molecular weight is 380 g/mol. The first-order valence-corrected chi connectivity index (χ1v) is 9.41. The minimum Gasteiger partial charge on any atom is -0.497 e. The van der Waals surface area contributed by atoms with E-state index in [-0.39, 0.29) is 16.3 Å². The summed E-state index contributed by atoms with van der Waals surface area (Å²) in [7, 11) is -0.971. The van der Waals surface area contributed by atoms with Gasteiger partial charge in [-0.3, -0.25) is 4.72 Å². The van der Waals surface area contributed by atoms with Gasteiger partial charge in [0.05, 0.1) is 45.5 Å². The van der Waals surface area contributed by atoms with E-state index in [0.29, 0.717) is 38.0 Å². The minimum atomic E-state index is -3.86. The van der Waals surface area contributed by atoms with Crippen molar-refractivity contribution in [3.8, 4) is 11.5 Å². The number of anilines is 2. The molecule has 0 saturated carbocycles. The normalized spacial score (nSPS) is 14.8. The summed E-state index contributed by atoms with van der Waals surface area (Å²) in [5.74, 6) is 1.22. The van der Waals surface area contributed by atoms with Crippen LogP contribution >= 0.6 is 0 Å². The first kappa shape index (κ1) is 18.2. The van der Waals surface area contributed by atoms with Crippen LogP contribution in [0, 0.1) is 0 Å². The van der Waals surface area contributed by atoms with Crippen LogP contribution in [0.2, 0.25) is 0 Å². The minimum absolute atomic E-state index is 0.00180. The predicted octanol–water partition coefficient (Wildman–Crippen LogP) is 1.13. The van der Waals surface area contributed by atoms with E-state index in [9.17, 15) is 8.42 Å². The number of morpholine rings is 1. The molecule has 1 saturated heterocycles. The Hall–Kier alpha value is -2.59. The molecule has 0 aliphatic carbocycles. The number of rotatable bonds is 6. The molecule has 0 atom stereocenters. The van der Waals surface area contributed by atoms with Crippen molar-refractivity contribution >= 4 is 21.7 Å². The molecule has 140 valence electrons. The zero-order valence-corrected chi connectivity index (χ0v) is 15.3. The second-order valence-corrected chi connectivity index (χ2v) is 7.14. The van der Waals surface area contributed by atoms with Gasteiger partial charge in [0.1, 0.15) is 16.4 Å². The zero-order valence-electron chi connectivity index (χ0n) is 14.5. The third kappa shape index (κ3) is 3.97. The molecular weight excluding hydrogens is 360 g/mol. The van der Waals surface area contributed by atoms with E-state index in [1.165, 1.54) is 38.7 Å². The lowest BCUT2D eigenvalue weighted by Crippen LogP contribution is -2.37. The Labute approximate surface area is 152 Å². The fourth-order valence-corrected chi connectivity index (χ4v) is 3.69. The van der Waals surface area contributed by atoms with E-state index in [4.69, 9.17) is 14.2 Å². The molecule has 0 spiro atoms. The van der Waals surface area contributed by atoms with Gasteiger partial charge in [-0.15, -0.1) is 0 Å². The maximum atomic E-state index is 12.7. The van der Waals surface area contributed by atoms with Crippen LogP contribution in [0.3, 0.4) is 0 Å². The molecule has 0 bridgehead atoms. The molecule has 10 heteroatoms. The molecule has 1 aromatic heterocycles. The first-order valence-electron chi connectivity index (χ1n) is 7.93. The summed E-state index contributed by atoms with van der Waals surface area (Å²) in [4.78, 5) is 10.4. The Kier molecular flexibility index (Phi) is 5.43. The summed E-state index contributed by atoms with van der Waals surface area (Å²) in [5.41, 5.74) is 0.264. The molecule has 1 aromatic carbocycles. The fourth-order valence-electron chi connectivity index (χ4n) is 2.51. The molecule has 3 rings (SSSR count). The SMILES string of the molecule is COc1ccc(S(=O)(=O)Nc2cnc(N3CCOCC3)nc2)c(OC)c1. The van der Waals surface area contributed by atoms with E-state index in [1.54, 1.807) is 6.07 Å². The number of nitrogens with one attached hydrogen (secondary N) is 1. The zero-order chi connectivity index (χ0) is 18.6. The molecule has 1 aliphatic rings. The molecule has 0 unspecified atom stereocenters. The lowest BCUT2D eigenvalue weighted by molar-refractivity contribution is 0.122. The van der Waals surface area contributed by atoms with Crippen molar-refractivity contribution < 1.29 is 22.6 Å². The quantitative estimate of drug-likeness (QED) is 0.796. The van der Waals surface area contributed by atoms with Crippen molar-refractivity contribution in [1.82, 2.24) is 9.97 Å². The van der Waals surface area contributed by atoms with Crippen LogP contribution in [0.1, 0.15) is 0 Å². The maximum absolute atomic E-state index is 12.7. The Bertz CT molecular complexity index is 851. The molecule has 0 amide bonds. The second kappa shape index (κ2) is 7.75. The lowest BCUT2D eigenvalue weighted by atomic mass is 10.3. The summed E-state index contributed by atoms with van der Waals surface area (Å²) in [6.07, 6.45) is 2.87. The summed E-state index contributed by atoms with van der Waals surface area (Å²) in [6.45, 7) is 2.65. The molecule has 9 nitrogen and oxygen atoms in total. The highest BCUT2D eigenvalue weighted by Gasteiger charge is 2.21. The van der Waals surface area contributed by atoms with Crippen LogP contribution < -0.4 is 19.1 Å². The smallest absolute Gasteiger partial charge is 0.265 e. The highest BCUT2D eigenvalue weighted by atomic mass is 32.2. The van der Waals surface area contributed by atoms with Gasteiger partial charge in [-0.25, -0.2) is 18.4 Å². The van der Waals surface area contributed by atoms with Gasteiger partial charge in [0.15, 0.2) is 0 Å². The number of hydrogen-bond donors (Lipinski definition) is 1. The largest absolute Gasteiger partial charge is 0.497 e. The van der Waals surface area contributed by atoms with Crippen molar-refractivity contribution in [2.24, 2.45) is 0 Å². The van der Waals surface area contributed by atoms with Crippen LogP contribution in [0.4, 0.5) is 11.6 Å². The van der Waals surface area contributed by atoms with Gasteiger partial charge in [-0.2, -0.15) is 0 Å². The molecule has 1 aliphatic heterocycles. The van der Waals surface area contributed by atoms with Gasteiger partial charge in [0, 0.05) is 19.2 Å². The van der Waals surface area contributed by atoms with E-state index >= 15 is 0 Å². The van der Waals surface area contributed by atoms with E-state index in [1.807, 2.05) is 4.90 Å². The van der Waals surface area contributed by atoms with Crippen LogP contribution in [0.15, 0.2) is 35.5 Å². The van der Waals surface area contributed by atoms with Gasteiger partial charge in [-0.1, -0.05) is 0 Å². The molecule has 2 aromatic rings. The highest BCUT2D eigenvalue weighted by Crippen LogP contribution is 2.29. The fraction of sp³-hybridized carbons (Fsp3) is 0.375. The van der Waals surface area contributed by atoms with Crippen molar-refractivity contribution in [3.63, 3.8) is 0 Å². The molecule has 1 N–H and O–H groups in total. The van der Waals surface area contributed by atoms with Crippen LogP contribution in [0.25, 0.3) is 0 Å². The second-order valence-electron chi connectivity index (χ2n) is 5.49. The number of aromatic nitrogens is 2. The predicted molar refractivity (Wildman–Crippen MR) is 95.4 cm³/mol. The third-order valence-electron chi connectivity index (χ3n) is 3.84. The van der Waals surface area contributed by atoms with Crippen LogP contribution in [0.5, 0.6) is 11.5 Å². The van der Waals surface area contributed by atoms with Gasteiger partial charge >= 0.3 is 0 Å².